The third-order valence-electron chi connectivity index (χ3n) is 5.66. The van der Waals surface area contributed by atoms with Gasteiger partial charge in [-0.3, -0.25) is 9.89 Å². The fraction of sp³-hybridized carbons (Fsp3) is 0.192. The lowest BCUT2D eigenvalue weighted by atomic mass is 10.1. The molecule has 2 aliphatic rings. The number of hydrogen-bond donors (Lipinski definition) is 0. The molecule has 4 nitrogen and oxygen atoms in total. The molecule has 30 heavy (non-hydrogen) atoms. The Bertz CT molecular complexity index is 1100. The lowest BCUT2D eigenvalue weighted by molar-refractivity contribution is 0.412. The fourth-order valence-electron chi connectivity index (χ4n) is 4.16. The summed E-state index contributed by atoms with van der Waals surface area (Å²) in [6, 6.07) is 27.4. The second kappa shape index (κ2) is 8.07. The van der Waals surface area contributed by atoms with Crippen molar-refractivity contribution in [3.63, 3.8) is 0 Å². The van der Waals surface area contributed by atoms with Crippen LogP contribution in [0.4, 0.5) is 5.69 Å². The van der Waals surface area contributed by atoms with Gasteiger partial charge in [-0.2, -0.15) is 0 Å². The number of hydrogen-bond acceptors (Lipinski definition) is 4. The first-order chi connectivity index (χ1) is 14.8. The minimum atomic E-state index is 0.855. The minimum absolute atomic E-state index is 0.855. The van der Waals surface area contributed by atoms with Crippen LogP contribution in [0.2, 0.25) is 0 Å². The molecule has 0 unspecified atom stereocenters. The van der Waals surface area contributed by atoms with E-state index < -0.39 is 0 Å². The van der Waals surface area contributed by atoms with Crippen molar-refractivity contribution in [3.05, 3.63) is 90.6 Å². The molecule has 0 fully saturated rings. The smallest absolute Gasteiger partial charge is 0.210 e. The second-order valence-corrected chi connectivity index (χ2v) is 7.54. The van der Waals surface area contributed by atoms with E-state index in [2.05, 4.69) is 76.7 Å². The number of nitrogens with zero attached hydrogens (tertiary/aromatic N) is 3. The van der Waals surface area contributed by atoms with Gasteiger partial charge in [-0.1, -0.05) is 54.6 Å². The van der Waals surface area contributed by atoms with Crippen LogP contribution in [0.15, 0.2) is 90.1 Å². The minimum Gasteiger partial charge on any atom is -0.496 e. The number of rotatable bonds is 4. The van der Waals surface area contributed by atoms with Crippen LogP contribution in [0.5, 0.6) is 5.75 Å². The van der Waals surface area contributed by atoms with Crippen LogP contribution in [0.1, 0.15) is 18.4 Å². The van der Waals surface area contributed by atoms with Gasteiger partial charge in [-0.05, 0) is 48.2 Å². The number of aliphatic imine (C=N–C) groups is 1. The highest BCUT2D eigenvalue weighted by Gasteiger charge is 2.32. The average Bonchev–Trinajstić information content (AvgIpc) is 3.00. The molecule has 0 aliphatic carbocycles. The maximum atomic E-state index is 5.66. The van der Waals surface area contributed by atoms with Gasteiger partial charge in [-0.25, -0.2) is 0 Å². The van der Waals surface area contributed by atoms with Gasteiger partial charge in [0.05, 0.1) is 12.8 Å². The summed E-state index contributed by atoms with van der Waals surface area (Å²) in [5, 5.41) is 0. The van der Waals surface area contributed by atoms with Gasteiger partial charge in [0.25, 0.3) is 0 Å². The first-order valence-electron chi connectivity index (χ1n) is 10.5. The summed E-state index contributed by atoms with van der Waals surface area (Å²) >= 11 is 0. The predicted octanol–water partition coefficient (Wildman–Crippen LogP) is 5.63. The lowest BCUT2D eigenvalue weighted by Crippen LogP contribution is -2.34. The zero-order valence-electron chi connectivity index (χ0n) is 17.2. The molecule has 3 aromatic rings. The summed E-state index contributed by atoms with van der Waals surface area (Å²) in [6.45, 7) is 1.81. The Balaban J connectivity index is 1.60. The van der Waals surface area contributed by atoms with Crippen LogP contribution < -0.4 is 9.64 Å². The van der Waals surface area contributed by atoms with Gasteiger partial charge in [0, 0.05) is 30.5 Å². The summed E-state index contributed by atoms with van der Waals surface area (Å²) in [5.74, 6) is 1.88. The molecule has 2 heterocycles. The van der Waals surface area contributed by atoms with Gasteiger partial charge >= 0.3 is 0 Å². The zero-order valence-corrected chi connectivity index (χ0v) is 17.2. The summed E-state index contributed by atoms with van der Waals surface area (Å²) in [5.41, 5.74) is 5.77. The van der Waals surface area contributed by atoms with E-state index in [1.165, 1.54) is 11.1 Å². The third-order valence-corrected chi connectivity index (χ3v) is 5.66. The topological polar surface area (TPSA) is 28.1 Å². The highest BCUT2D eigenvalue weighted by Crippen LogP contribution is 2.37. The molecule has 4 heteroatoms. The molecule has 0 radical (unpaired) electrons. The van der Waals surface area contributed by atoms with E-state index in [-0.39, 0.29) is 0 Å². The Morgan fingerprint density at radius 3 is 2.50 bits per heavy atom. The average molecular weight is 396 g/mol. The molecule has 0 aromatic heterocycles. The fourth-order valence-corrected chi connectivity index (χ4v) is 4.16. The molecule has 0 saturated heterocycles. The van der Waals surface area contributed by atoms with Crippen molar-refractivity contribution in [1.82, 2.24) is 4.90 Å². The Morgan fingerprint density at radius 2 is 1.63 bits per heavy atom. The van der Waals surface area contributed by atoms with Crippen molar-refractivity contribution in [2.24, 2.45) is 4.99 Å². The summed E-state index contributed by atoms with van der Waals surface area (Å²) < 4.78 is 5.66. The zero-order chi connectivity index (χ0) is 20.3. The number of fused-ring (bicyclic) bond motifs is 1. The predicted molar refractivity (Wildman–Crippen MR) is 124 cm³/mol. The van der Waals surface area contributed by atoms with Gasteiger partial charge in [-0.15, -0.1) is 0 Å². The molecule has 5 rings (SSSR count). The molecule has 150 valence electrons. The van der Waals surface area contributed by atoms with E-state index in [1.807, 2.05) is 18.2 Å². The van der Waals surface area contributed by atoms with Crippen molar-refractivity contribution in [1.29, 1.82) is 0 Å². The van der Waals surface area contributed by atoms with Crippen molar-refractivity contribution < 1.29 is 4.74 Å². The monoisotopic (exact) mass is 395 g/mol. The lowest BCUT2D eigenvalue weighted by Gasteiger charge is -2.25. The second-order valence-electron chi connectivity index (χ2n) is 7.54. The van der Waals surface area contributed by atoms with E-state index in [1.54, 1.807) is 7.11 Å². The summed E-state index contributed by atoms with van der Waals surface area (Å²) in [7, 11) is 1.73. The van der Waals surface area contributed by atoms with E-state index in [9.17, 15) is 0 Å². The van der Waals surface area contributed by atoms with E-state index in [0.29, 0.717) is 0 Å². The van der Waals surface area contributed by atoms with Gasteiger partial charge in [0.2, 0.25) is 5.96 Å². The van der Waals surface area contributed by atoms with Crippen molar-refractivity contribution in [2.75, 3.05) is 25.1 Å². The van der Waals surface area contributed by atoms with Crippen molar-refractivity contribution in [3.8, 4) is 16.9 Å². The van der Waals surface area contributed by atoms with Crippen LogP contribution in [-0.4, -0.2) is 31.1 Å². The first kappa shape index (κ1) is 18.5. The van der Waals surface area contributed by atoms with Crippen molar-refractivity contribution in [2.45, 2.75) is 12.8 Å². The number of benzene rings is 3. The molecule has 0 N–H and O–H groups in total. The molecule has 0 amide bonds. The molecule has 0 atom stereocenters. The standard InChI is InChI=1S/C26H25N3O/c1-30-25-15-6-5-14-23(25)24-19-29(26-27-16-7-8-17-28(24)26)22-13-9-12-21(18-22)20-10-3-2-4-11-20/h2-6,9-15,18-19H,7-8,16-17H2,1H3. The van der Waals surface area contributed by atoms with Gasteiger partial charge < -0.3 is 9.64 Å². The van der Waals surface area contributed by atoms with E-state index in [4.69, 9.17) is 9.73 Å². The SMILES string of the molecule is COc1ccccc1C1=CN(c2cccc(-c3ccccc3)c2)C2=NCCCCN12. The Kier molecular flexibility index (Phi) is 4.98. The quantitative estimate of drug-likeness (QED) is 0.573. The first-order valence-corrected chi connectivity index (χ1v) is 10.5. The molecular formula is C26H25N3O. The largest absolute Gasteiger partial charge is 0.496 e. The summed E-state index contributed by atoms with van der Waals surface area (Å²) in [4.78, 5) is 9.51. The maximum absolute atomic E-state index is 5.66. The molecular weight excluding hydrogens is 370 g/mol. The molecule has 0 saturated carbocycles. The van der Waals surface area contributed by atoms with Crippen LogP contribution in [0.25, 0.3) is 16.8 Å². The molecule has 2 aliphatic heterocycles. The van der Waals surface area contributed by atoms with Gasteiger partial charge in [0.15, 0.2) is 0 Å². The Morgan fingerprint density at radius 1 is 0.833 bits per heavy atom. The van der Waals surface area contributed by atoms with Crippen LogP contribution in [-0.2, 0) is 0 Å². The van der Waals surface area contributed by atoms with E-state index >= 15 is 0 Å². The third kappa shape index (κ3) is 3.35. The number of para-hydroxylation sites is 1. The summed E-state index contributed by atoms with van der Waals surface area (Å²) in [6.07, 6.45) is 4.43. The maximum Gasteiger partial charge on any atom is 0.210 e. The highest BCUT2D eigenvalue weighted by atomic mass is 16.5. The highest BCUT2D eigenvalue weighted by molar-refractivity contribution is 6.08. The van der Waals surface area contributed by atoms with E-state index in [0.717, 1.165) is 54.6 Å². The number of anilines is 1. The molecule has 3 aromatic carbocycles. The van der Waals surface area contributed by atoms with Crippen LogP contribution in [0.3, 0.4) is 0 Å². The number of guanidine groups is 1. The van der Waals surface area contributed by atoms with Crippen LogP contribution >= 0.6 is 0 Å². The molecule has 0 spiro atoms. The van der Waals surface area contributed by atoms with Gasteiger partial charge in [0.1, 0.15) is 5.75 Å². The Hall–Kier alpha value is -3.53. The number of methoxy groups -OCH3 is 1. The number of ether oxygens (including phenoxy) is 1. The van der Waals surface area contributed by atoms with Crippen molar-refractivity contribution >= 4 is 17.3 Å². The Labute approximate surface area is 177 Å². The normalized spacial score (nSPS) is 15.9. The van der Waals surface area contributed by atoms with Crippen LogP contribution in [0, 0.1) is 0 Å². The molecule has 0 bridgehead atoms.